The van der Waals surface area contributed by atoms with Gasteiger partial charge in [0.15, 0.2) is 0 Å². The van der Waals surface area contributed by atoms with Gasteiger partial charge >= 0.3 is 0 Å². The Morgan fingerprint density at radius 1 is 1.67 bits per heavy atom. The quantitative estimate of drug-likeness (QED) is 0.648. The summed E-state index contributed by atoms with van der Waals surface area (Å²) in [6, 6.07) is 0. The second-order valence-corrected chi connectivity index (χ2v) is 5.60. The molecule has 0 aromatic carbocycles. The molecule has 1 fully saturated rings. The first-order valence-electron chi connectivity index (χ1n) is 4.73. The van der Waals surface area contributed by atoms with Crippen LogP contribution in [-0.4, -0.2) is 30.7 Å². The number of rotatable bonds is 4. The lowest BCUT2D eigenvalue weighted by Gasteiger charge is -2.14. The van der Waals surface area contributed by atoms with Crippen LogP contribution in [0.3, 0.4) is 0 Å². The summed E-state index contributed by atoms with van der Waals surface area (Å²) in [5.41, 5.74) is 5.64. The van der Waals surface area contributed by atoms with E-state index in [9.17, 15) is 8.42 Å². The Kier molecular flexibility index (Phi) is 2.32. The Balaban J connectivity index is 2.25. The number of hydrogen-bond donors (Lipinski definition) is 3. The van der Waals surface area contributed by atoms with Crippen molar-refractivity contribution in [3.63, 3.8) is 0 Å². The van der Waals surface area contributed by atoms with E-state index in [0.29, 0.717) is 12.2 Å². The van der Waals surface area contributed by atoms with Crippen molar-refractivity contribution >= 4 is 10.0 Å². The van der Waals surface area contributed by atoms with E-state index in [1.807, 2.05) is 0 Å². The summed E-state index contributed by atoms with van der Waals surface area (Å²) in [4.78, 5) is 0.197. The maximum absolute atomic E-state index is 11.9. The summed E-state index contributed by atoms with van der Waals surface area (Å²) in [5.74, 6) is 0. The van der Waals surface area contributed by atoms with Gasteiger partial charge in [-0.3, -0.25) is 5.10 Å². The average molecular weight is 230 g/mol. The molecule has 15 heavy (non-hydrogen) atoms. The predicted molar refractivity (Wildman–Crippen MR) is 54.7 cm³/mol. The second-order valence-electron chi connectivity index (χ2n) is 3.95. The van der Waals surface area contributed by atoms with Gasteiger partial charge in [-0.15, -0.1) is 0 Å². The lowest BCUT2D eigenvalue weighted by atomic mass is 10.3. The van der Waals surface area contributed by atoms with E-state index in [1.165, 1.54) is 6.20 Å². The minimum atomic E-state index is -3.48. The lowest BCUT2D eigenvalue weighted by molar-refractivity contribution is 0.544. The molecule has 0 amide bonds. The van der Waals surface area contributed by atoms with Crippen LogP contribution in [0.25, 0.3) is 0 Å². The van der Waals surface area contributed by atoms with Crippen LogP contribution in [0.15, 0.2) is 11.1 Å². The molecule has 6 nitrogen and oxygen atoms in total. The highest BCUT2D eigenvalue weighted by Gasteiger charge is 2.45. The first kappa shape index (κ1) is 10.6. The molecule has 2 rings (SSSR count). The normalized spacial score (nSPS) is 19.1. The van der Waals surface area contributed by atoms with Crippen LogP contribution in [0.1, 0.15) is 18.5 Å². The number of aromatic nitrogens is 2. The van der Waals surface area contributed by atoms with E-state index in [0.717, 1.165) is 12.8 Å². The van der Waals surface area contributed by atoms with E-state index in [4.69, 9.17) is 5.73 Å². The Labute approximate surface area is 88.3 Å². The molecule has 1 aliphatic carbocycles. The summed E-state index contributed by atoms with van der Waals surface area (Å²) in [7, 11) is -3.48. The molecular weight excluding hydrogens is 216 g/mol. The van der Waals surface area contributed by atoms with Crippen molar-refractivity contribution < 1.29 is 8.42 Å². The fourth-order valence-electron chi connectivity index (χ4n) is 1.45. The number of sulfonamides is 1. The highest BCUT2D eigenvalue weighted by molar-refractivity contribution is 7.89. The standard InChI is InChI=1S/C8H14N4O2S/c1-6-7(4-10-11-6)15(13,14)12-8(5-9)2-3-8/h4,12H,2-3,5,9H2,1H3,(H,10,11). The zero-order valence-electron chi connectivity index (χ0n) is 8.45. The van der Waals surface area contributed by atoms with Gasteiger partial charge in [0, 0.05) is 12.1 Å². The number of H-pyrrole nitrogens is 1. The molecule has 1 saturated carbocycles. The third-order valence-corrected chi connectivity index (χ3v) is 4.36. The molecular formula is C8H14N4O2S. The molecule has 0 radical (unpaired) electrons. The molecule has 0 atom stereocenters. The summed E-state index contributed by atoms with van der Waals surface area (Å²) in [5, 5.41) is 6.29. The van der Waals surface area contributed by atoms with E-state index in [1.54, 1.807) is 6.92 Å². The Bertz CT molecular complexity index is 461. The summed E-state index contributed by atoms with van der Waals surface area (Å²) < 4.78 is 26.4. The third-order valence-electron chi connectivity index (χ3n) is 2.67. The van der Waals surface area contributed by atoms with Gasteiger partial charge in [-0.25, -0.2) is 13.1 Å². The smallest absolute Gasteiger partial charge is 0.244 e. The van der Waals surface area contributed by atoms with Crippen molar-refractivity contribution in [1.82, 2.24) is 14.9 Å². The first-order valence-corrected chi connectivity index (χ1v) is 6.21. The largest absolute Gasteiger partial charge is 0.329 e. The zero-order chi connectivity index (χ0) is 11.1. The second kappa shape index (κ2) is 3.29. The van der Waals surface area contributed by atoms with Crippen molar-refractivity contribution in [3.8, 4) is 0 Å². The molecule has 4 N–H and O–H groups in total. The monoisotopic (exact) mass is 230 g/mol. The molecule has 0 spiro atoms. The molecule has 0 saturated heterocycles. The van der Waals surface area contributed by atoms with Gasteiger partial charge in [0.25, 0.3) is 0 Å². The fourth-order valence-corrected chi connectivity index (χ4v) is 3.06. The third kappa shape index (κ3) is 1.90. The summed E-state index contributed by atoms with van der Waals surface area (Å²) in [6.07, 6.45) is 2.92. The topological polar surface area (TPSA) is 101 Å². The number of nitrogens with two attached hydrogens (primary N) is 1. The van der Waals surface area contributed by atoms with Gasteiger partial charge in [-0.1, -0.05) is 0 Å². The van der Waals surface area contributed by atoms with Crippen LogP contribution in [0.4, 0.5) is 0 Å². The van der Waals surface area contributed by atoms with Crippen LogP contribution >= 0.6 is 0 Å². The molecule has 0 bridgehead atoms. The van der Waals surface area contributed by atoms with Crippen LogP contribution in [0.5, 0.6) is 0 Å². The Morgan fingerprint density at radius 3 is 2.73 bits per heavy atom. The van der Waals surface area contributed by atoms with Crippen LogP contribution in [-0.2, 0) is 10.0 Å². The first-order chi connectivity index (χ1) is 6.99. The fraction of sp³-hybridized carbons (Fsp3) is 0.625. The van der Waals surface area contributed by atoms with Gasteiger partial charge in [-0.2, -0.15) is 5.10 Å². The summed E-state index contributed by atoms with van der Waals surface area (Å²) in [6.45, 7) is 2.01. The van der Waals surface area contributed by atoms with Crippen molar-refractivity contribution in [2.45, 2.75) is 30.2 Å². The highest BCUT2D eigenvalue weighted by atomic mass is 32.2. The van der Waals surface area contributed by atoms with E-state index in [-0.39, 0.29) is 4.90 Å². The molecule has 0 unspecified atom stereocenters. The van der Waals surface area contributed by atoms with Gasteiger partial charge < -0.3 is 5.73 Å². The molecule has 7 heteroatoms. The van der Waals surface area contributed by atoms with Gasteiger partial charge in [0.1, 0.15) is 4.90 Å². The minimum absolute atomic E-state index is 0.197. The Hall–Kier alpha value is -0.920. The minimum Gasteiger partial charge on any atom is -0.329 e. The van der Waals surface area contributed by atoms with Gasteiger partial charge in [0.05, 0.1) is 11.9 Å². The van der Waals surface area contributed by atoms with E-state index in [2.05, 4.69) is 14.9 Å². The molecule has 84 valence electrons. The lowest BCUT2D eigenvalue weighted by Crippen LogP contribution is -2.42. The number of aryl methyl sites for hydroxylation is 1. The van der Waals surface area contributed by atoms with Gasteiger partial charge in [-0.05, 0) is 19.8 Å². The zero-order valence-corrected chi connectivity index (χ0v) is 9.26. The SMILES string of the molecule is Cc1[nH]ncc1S(=O)(=O)NC1(CN)CC1. The van der Waals surface area contributed by atoms with E-state index < -0.39 is 15.6 Å². The number of nitrogens with one attached hydrogen (secondary N) is 2. The number of nitrogens with zero attached hydrogens (tertiary/aromatic N) is 1. The predicted octanol–water partition coefficient (Wildman–Crippen LogP) is -0.512. The Morgan fingerprint density at radius 2 is 2.33 bits per heavy atom. The molecule has 1 aliphatic rings. The number of aromatic amines is 1. The highest BCUT2D eigenvalue weighted by Crippen LogP contribution is 2.35. The van der Waals surface area contributed by atoms with Crippen molar-refractivity contribution in [2.75, 3.05) is 6.54 Å². The molecule has 0 aliphatic heterocycles. The molecule has 1 heterocycles. The van der Waals surface area contributed by atoms with Gasteiger partial charge in [0.2, 0.25) is 10.0 Å². The van der Waals surface area contributed by atoms with Crippen LogP contribution < -0.4 is 10.5 Å². The average Bonchev–Trinajstić information content (AvgIpc) is 2.78. The number of hydrogen-bond acceptors (Lipinski definition) is 4. The van der Waals surface area contributed by atoms with Crippen LogP contribution in [0.2, 0.25) is 0 Å². The van der Waals surface area contributed by atoms with Crippen molar-refractivity contribution in [2.24, 2.45) is 5.73 Å². The molecule has 1 aromatic heterocycles. The van der Waals surface area contributed by atoms with Crippen molar-refractivity contribution in [3.05, 3.63) is 11.9 Å². The maximum Gasteiger partial charge on any atom is 0.244 e. The van der Waals surface area contributed by atoms with Crippen LogP contribution in [0, 0.1) is 6.92 Å². The van der Waals surface area contributed by atoms with E-state index >= 15 is 0 Å². The van der Waals surface area contributed by atoms with Crippen molar-refractivity contribution in [1.29, 1.82) is 0 Å². The summed E-state index contributed by atoms with van der Waals surface area (Å²) >= 11 is 0. The maximum atomic E-state index is 11.9. The molecule has 1 aromatic rings.